The first-order chi connectivity index (χ1) is 7.72. The van der Waals surface area contributed by atoms with Crippen LogP contribution >= 0.6 is 15.9 Å². The van der Waals surface area contributed by atoms with Gasteiger partial charge >= 0.3 is 0 Å². The molecule has 1 amide bonds. The molecule has 0 bridgehead atoms. The number of methoxy groups -OCH3 is 1. The van der Waals surface area contributed by atoms with Crippen molar-refractivity contribution < 1.29 is 13.9 Å². The first-order valence-electron chi connectivity index (χ1n) is 5.27. The predicted octanol–water partition coefficient (Wildman–Crippen LogP) is 2.29. The molecule has 1 aromatic rings. The Hall–Kier alpha value is -0.810. The monoisotopic (exact) mass is 287 g/mol. The van der Waals surface area contributed by atoms with Gasteiger partial charge in [-0.3, -0.25) is 4.79 Å². The highest BCUT2D eigenvalue weighted by Gasteiger charge is 2.26. The van der Waals surface area contributed by atoms with Crippen LogP contribution in [0.1, 0.15) is 23.2 Å². The molecule has 0 radical (unpaired) electrons. The highest BCUT2D eigenvalue weighted by Crippen LogP contribution is 2.22. The number of hydrogen-bond donors (Lipinski definition) is 0. The van der Waals surface area contributed by atoms with Gasteiger partial charge in [-0.1, -0.05) is 0 Å². The summed E-state index contributed by atoms with van der Waals surface area (Å²) < 4.78 is 10.9. The molecule has 1 aromatic heterocycles. The van der Waals surface area contributed by atoms with E-state index in [1.807, 2.05) is 4.90 Å². The maximum absolute atomic E-state index is 12.1. The third-order valence-electron chi connectivity index (χ3n) is 2.85. The summed E-state index contributed by atoms with van der Waals surface area (Å²) >= 11 is 3.22. The van der Waals surface area contributed by atoms with Gasteiger partial charge in [-0.15, -0.1) is 0 Å². The van der Waals surface area contributed by atoms with E-state index in [0.29, 0.717) is 16.8 Å². The van der Waals surface area contributed by atoms with Gasteiger partial charge in [0.25, 0.3) is 5.91 Å². The zero-order valence-corrected chi connectivity index (χ0v) is 10.7. The van der Waals surface area contributed by atoms with E-state index < -0.39 is 0 Å². The number of amides is 1. The van der Waals surface area contributed by atoms with Gasteiger partial charge in [-0.25, -0.2) is 0 Å². The van der Waals surface area contributed by atoms with Crippen LogP contribution in [0.5, 0.6) is 0 Å². The fraction of sp³-hybridized carbons (Fsp3) is 0.545. The molecule has 2 heterocycles. The quantitative estimate of drug-likeness (QED) is 0.838. The van der Waals surface area contributed by atoms with Crippen molar-refractivity contribution in [3.05, 3.63) is 22.6 Å². The summed E-state index contributed by atoms with van der Waals surface area (Å²) in [4.78, 5) is 13.9. The molecule has 16 heavy (non-hydrogen) atoms. The molecule has 1 aliphatic rings. The van der Waals surface area contributed by atoms with Crippen molar-refractivity contribution in [2.45, 2.75) is 18.9 Å². The van der Waals surface area contributed by atoms with Gasteiger partial charge in [0.2, 0.25) is 0 Å². The van der Waals surface area contributed by atoms with Gasteiger partial charge < -0.3 is 14.1 Å². The molecule has 0 N–H and O–H groups in total. The standard InChI is InChI=1S/C11H14BrNO3/c1-15-8-3-2-5-13(7-8)11(14)9-4-6-16-10(9)12/h4,6,8H,2-3,5,7H2,1H3. The minimum Gasteiger partial charge on any atom is -0.457 e. The lowest BCUT2D eigenvalue weighted by Gasteiger charge is -2.31. The topological polar surface area (TPSA) is 42.7 Å². The number of piperidine rings is 1. The molecule has 0 spiro atoms. The second kappa shape index (κ2) is 5.01. The molecule has 0 aromatic carbocycles. The Kier molecular flexibility index (Phi) is 3.66. The first-order valence-corrected chi connectivity index (χ1v) is 6.06. The molecule has 88 valence electrons. The smallest absolute Gasteiger partial charge is 0.258 e. The molecule has 2 rings (SSSR count). The maximum atomic E-state index is 12.1. The van der Waals surface area contributed by atoms with Crippen molar-refractivity contribution >= 4 is 21.8 Å². The van der Waals surface area contributed by atoms with Crippen LogP contribution in [-0.4, -0.2) is 37.1 Å². The second-order valence-electron chi connectivity index (χ2n) is 3.86. The number of likely N-dealkylation sites (tertiary alicyclic amines) is 1. The van der Waals surface area contributed by atoms with Crippen molar-refractivity contribution in [2.24, 2.45) is 0 Å². The zero-order chi connectivity index (χ0) is 11.5. The van der Waals surface area contributed by atoms with Crippen LogP contribution in [0.2, 0.25) is 0 Å². The molecule has 5 heteroatoms. The van der Waals surface area contributed by atoms with Crippen molar-refractivity contribution in [3.63, 3.8) is 0 Å². The Balaban J connectivity index is 2.07. The van der Waals surface area contributed by atoms with E-state index in [0.717, 1.165) is 19.4 Å². The van der Waals surface area contributed by atoms with Crippen LogP contribution in [0.25, 0.3) is 0 Å². The SMILES string of the molecule is COC1CCCN(C(=O)c2ccoc2Br)C1. The molecular weight excluding hydrogens is 274 g/mol. The number of halogens is 1. The summed E-state index contributed by atoms with van der Waals surface area (Å²) in [6.45, 7) is 1.45. The average Bonchev–Trinajstić information content (AvgIpc) is 2.74. The van der Waals surface area contributed by atoms with Gasteiger partial charge in [0.05, 0.1) is 17.9 Å². The summed E-state index contributed by atoms with van der Waals surface area (Å²) in [5, 5.41) is 0. The Morgan fingerprint density at radius 3 is 3.12 bits per heavy atom. The average molecular weight is 288 g/mol. The fourth-order valence-corrected chi connectivity index (χ4v) is 2.34. The van der Waals surface area contributed by atoms with E-state index in [-0.39, 0.29) is 12.0 Å². The normalized spacial score (nSPS) is 21.1. The summed E-state index contributed by atoms with van der Waals surface area (Å²) in [6.07, 6.45) is 3.67. The largest absolute Gasteiger partial charge is 0.457 e. The number of furan rings is 1. The van der Waals surface area contributed by atoms with Crippen LogP contribution in [0.4, 0.5) is 0 Å². The van der Waals surface area contributed by atoms with Crippen LogP contribution in [0.3, 0.4) is 0 Å². The summed E-state index contributed by atoms with van der Waals surface area (Å²) in [5.41, 5.74) is 0.580. The van der Waals surface area contributed by atoms with Gasteiger partial charge in [-0.2, -0.15) is 0 Å². The molecule has 0 saturated carbocycles. The maximum Gasteiger partial charge on any atom is 0.258 e. The lowest BCUT2D eigenvalue weighted by molar-refractivity contribution is 0.0268. The van der Waals surface area contributed by atoms with E-state index >= 15 is 0 Å². The highest BCUT2D eigenvalue weighted by atomic mass is 79.9. The molecule has 1 aliphatic heterocycles. The van der Waals surface area contributed by atoms with E-state index in [2.05, 4.69) is 15.9 Å². The van der Waals surface area contributed by atoms with Crippen molar-refractivity contribution in [3.8, 4) is 0 Å². The Labute approximate surface area is 103 Å². The number of ether oxygens (including phenoxy) is 1. The Morgan fingerprint density at radius 1 is 1.69 bits per heavy atom. The van der Waals surface area contributed by atoms with Crippen LogP contribution in [-0.2, 0) is 4.74 Å². The number of carbonyl (C=O) groups is 1. The van der Waals surface area contributed by atoms with Crippen LogP contribution in [0, 0.1) is 0 Å². The van der Waals surface area contributed by atoms with E-state index in [1.54, 1.807) is 13.2 Å². The van der Waals surface area contributed by atoms with Crippen molar-refractivity contribution in [1.82, 2.24) is 4.90 Å². The summed E-state index contributed by atoms with van der Waals surface area (Å²) in [6, 6.07) is 1.68. The molecular formula is C11H14BrNO3. The third kappa shape index (κ3) is 2.30. The molecule has 0 aliphatic carbocycles. The molecule has 1 fully saturated rings. The number of carbonyl (C=O) groups excluding carboxylic acids is 1. The Bertz CT molecular complexity index is 377. The van der Waals surface area contributed by atoms with Crippen molar-refractivity contribution in [1.29, 1.82) is 0 Å². The van der Waals surface area contributed by atoms with Crippen LogP contribution < -0.4 is 0 Å². The molecule has 4 nitrogen and oxygen atoms in total. The predicted molar refractivity (Wildman–Crippen MR) is 62.3 cm³/mol. The number of rotatable bonds is 2. The minimum absolute atomic E-state index is 0.00220. The second-order valence-corrected chi connectivity index (χ2v) is 4.58. The number of hydrogen-bond acceptors (Lipinski definition) is 3. The molecule has 1 saturated heterocycles. The van der Waals surface area contributed by atoms with Crippen molar-refractivity contribution in [2.75, 3.05) is 20.2 Å². The van der Waals surface area contributed by atoms with Crippen LogP contribution in [0.15, 0.2) is 21.4 Å². The lowest BCUT2D eigenvalue weighted by Crippen LogP contribution is -2.42. The van der Waals surface area contributed by atoms with E-state index in [1.165, 1.54) is 6.26 Å². The minimum atomic E-state index is 0.00220. The van der Waals surface area contributed by atoms with Gasteiger partial charge in [-0.05, 0) is 34.8 Å². The van der Waals surface area contributed by atoms with E-state index in [4.69, 9.17) is 9.15 Å². The van der Waals surface area contributed by atoms with Gasteiger partial charge in [0.1, 0.15) is 0 Å². The third-order valence-corrected chi connectivity index (χ3v) is 3.46. The first kappa shape index (κ1) is 11.7. The lowest BCUT2D eigenvalue weighted by atomic mass is 10.1. The molecule has 1 atom stereocenters. The Morgan fingerprint density at radius 2 is 2.50 bits per heavy atom. The number of nitrogens with zero attached hydrogens (tertiary/aromatic N) is 1. The summed E-state index contributed by atoms with van der Waals surface area (Å²) in [5.74, 6) is 0.00220. The highest BCUT2D eigenvalue weighted by molar-refractivity contribution is 9.10. The summed E-state index contributed by atoms with van der Waals surface area (Å²) in [7, 11) is 1.69. The zero-order valence-electron chi connectivity index (χ0n) is 9.11. The van der Waals surface area contributed by atoms with E-state index in [9.17, 15) is 4.79 Å². The fourth-order valence-electron chi connectivity index (χ4n) is 1.93. The van der Waals surface area contributed by atoms with Gasteiger partial charge in [0, 0.05) is 20.2 Å². The van der Waals surface area contributed by atoms with Gasteiger partial charge in [0.15, 0.2) is 4.67 Å². The molecule has 1 unspecified atom stereocenters.